The summed E-state index contributed by atoms with van der Waals surface area (Å²) in [6.07, 6.45) is 2.23. The number of hydrogen-bond donors (Lipinski definition) is 0. The number of aldehydes is 1. The summed E-state index contributed by atoms with van der Waals surface area (Å²) in [6.45, 7) is 0.217. The average Bonchev–Trinajstić information content (AvgIpc) is 2.37. The molecule has 1 heterocycles. The van der Waals surface area contributed by atoms with Crippen LogP contribution in [0.1, 0.15) is 16.1 Å². The van der Waals surface area contributed by atoms with Crippen LogP contribution in [0.4, 0.5) is 4.39 Å². The van der Waals surface area contributed by atoms with Gasteiger partial charge in [0.1, 0.15) is 24.5 Å². The topological polar surface area (TPSA) is 39.2 Å². The second-order valence-corrected chi connectivity index (χ2v) is 4.51. The molecule has 0 spiro atoms. The number of nitrogens with zero attached hydrogens (tertiary/aromatic N) is 1. The van der Waals surface area contributed by atoms with Crippen LogP contribution in [0.15, 0.2) is 41.0 Å². The zero-order valence-corrected chi connectivity index (χ0v) is 10.9. The van der Waals surface area contributed by atoms with Crippen molar-refractivity contribution in [3.8, 4) is 5.75 Å². The Balaban J connectivity index is 2.08. The van der Waals surface area contributed by atoms with Gasteiger partial charge in [0.2, 0.25) is 0 Å². The number of halogens is 2. The molecule has 92 valence electrons. The number of pyridine rings is 1. The number of benzene rings is 1. The van der Waals surface area contributed by atoms with Gasteiger partial charge in [-0.1, -0.05) is 0 Å². The van der Waals surface area contributed by atoms with Gasteiger partial charge >= 0.3 is 0 Å². The van der Waals surface area contributed by atoms with E-state index in [1.807, 2.05) is 6.07 Å². The summed E-state index contributed by atoms with van der Waals surface area (Å²) >= 11 is 3.28. The highest BCUT2D eigenvalue weighted by molar-refractivity contribution is 9.10. The third kappa shape index (κ3) is 3.37. The lowest BCUT2D eigenvalue weighted by molar-refractivity contribution is 0.112. The molecule has 18 heavy (non-hydrogen) atoms. The predicted octanol–water partition coefficient (Wildman–Crippen LogP) is 3.37. The van der Waals surface area contributed by atoms with E-state index in [4.69, 9.17) is 4.74 Å². The normalized spacial score (nSPS) is 10.1. The molecule has 0 fully saturated rings. The molecule has 0 N–H and O–H groups in total. The van der Waals surface area contributed by atoms with E-state index >= 15 is 0 Å². The highest BCUT2D eigenvalue weighted by Gasteiger charge is 2.02. The van der Waals surface area contributed by atoms with Gasteiger partial charge in [-0.25, -0.2) is 4.39 Å². The lowest BCUT2D eigenvalue weighted by atomic mass is 10.2. The molecule has 5 heteroatoms. The smallest absolute Gasteiger partial charge is 0.150 e. The minimum atomic E-state index is -0.502. The van der Waals surface area contributed by atoms with Crippen LogP contribution in [-0.2, 0) is 6.61 Å². The fourth-order valence-electron chi connectivity index (χ4n) is 1.38. The van der Waals surface area contributed by atoms with Crippen LogP contribution in [0, 0.1) is 5.82 Å². The first-order valence-corrected chi connectivity index (χ1v) is 5.95. The van der Waals surface area contributed by atoms with E-state index < -0.39 is 5.82 Å². The minimum Gasteiger partial charge on any atom is -0.487 e. The van der Waals surface area contributed by atoms with Gasteiger partial charge in [0.05, 0.1) is 5.69 Å². The summed E-state index contributed by atoms with van der Waals surface area (Å²) in [5, 5.41) is 0. The molecule has 0 radical (unpaired) electrons. The van der Waals surface area contributed by atoms with E-state index in [-0.39, 0.29) is 12.2 Å². The van der Waals surface area contributed by atoms with Gasteiger partial charge in [-0.2, -0.15) is 0 Å². The quantitative estimate of drug-likeness (QED) is 0.813. The summed E-state index contributed by atoms with van der Waals surface area (Å²) in [5.41, 5.74) is 0.962. The predicted molar refractivity (Wildman–Crippen MR) is 68.1 cm³/mol. The van der Waals surface area contributed by atoms with Crippen LogP contribution in [0.25, 0.3) is 0 Å². The van der Waals surface area contributed by atoms with Crippen molar-refractivity contribution in [3.05, 3.63) is 58.1 Å². The van der Waals surface area contributed by atoms with E-state index in [2.05, 4.69) is 20.9 Å². The van der Waals surface area contributed by atoms with Crippen LogP contribution < -0.4 is 4.74 Å². The molecule has 0 saturated heterocycles. The van der Waals surface area contributed by atoms with Crippen molar-refractivity contribution in [1.29, 1.82) is 0 Å². The van der Waals surface area contributed by atoms with E-state index in [0.717, 1.165) is 16.2 Å². The maximum Gasteiger partial charge on any atom is 0.150 e. The van der Waals surface area contributed by atoms with Crippen molar-refractivity contribution in [3.63, 3.8) is 0 Å². The first kappa shape index (κ1) is 12.7. The van der Waals surface area contributed by atoms with Crippen LogP contribution in [0.5, 0.6) is 5.75 Å². The Labute approximate surface area is 112 Å². The van der Waals surface area contributed by atoms with Gasteiger partial charge in [-0.05, 0) is 40.2 Å². The molecule has 2 aromatic rings. The summed E-state index contributed by atoms with van der Waals surface area (Å²) < 4.78 is 19.4. The van der Waals surface area contributed by atoms with E-state index in [9.17, 15) is 9.18 Å². The van der Waals surface area contributed by atoms with Crippen molar-refractivity contribution >= 4 is 22.2 Å². The molecule has 0 aliphatic rings. The molecule has 1 aromatic heterocycles. The van der Waals surface area contributed by atoms with E-state index in [1.165, 1.54) is 12.1 Å². The first-order valence-electron chi connectivity index (χ1n) is 5.16. The van der Waals surface area contributed by atoms with Crippen molar-refractivity contribution in [1.82, 2.24) is 4.98 Å². The van der Waals surface area contributed by atoms with E-state index in [1.54, 1.807) is 12.3 Å². The Bertz CT molecular complexity index is 557. The van der Waals surface area contributed by atoms with Crippen molar-refractivity contribution in [2.45, 2.75) is 6.61 Å². The average molecular weight is 310 g/mol. The molecule has 2 rings (SSSR count). The van der Waals surface area contributed by atoms with Crippen LogP contribution in [0.3, 0.4) is 0 Å². The molecule has 0 saturated carbocycles. The molecular weight excluding hydrogens is 301 g/mol. The number of carbonyl (C=O) groups is 1. The van der Waals surface area contributed by atoms with Crippen LogP contribution in [-0.4, -0.2) is 11.3 Å². The molecule has 0 bridgehead atoms. The van der Waals surface area contributed by atoms with Crippen LogP contribution >= 0.6 is 15.9 Å². The number of carbonyl (C=O) groups excluding carboxylic acids is 1. The lowest BCUT2D eigenvalue weighted by Gasteiger charge is -2.06. The molecule has 0 aliphatic heterocycles. The molecule has 3 nitrogen and oxygen atoms in total. The minimum absolute atomic E-state index is 0.217. The van der Waals surface area contributed by atoms with Gasteiger partial charge in [0, 0.05) is 22.3 Å². The third-order valence-corrected chi connectivity index (χ3v) is 2.67. The van der Waals surface area contributed by atoms with Gasteiger partial charge < -0.3 is 4.74 Å². The molecular formula is C13H9BrFNO2. The number of aromatic nitrogens is 1. The summed E-state index contributed by atoms with van der Waals surface area (Å²) in [5.74, 6) is -0.194. The molecule has 0 unspecified atom stereocenters. The number of hydrogen-bond acceptors (Lipinski definition) is 3. The maximum absolute atomic E-state index is 13.1. The summed E-state index contributed by atoms with van der Waals surface area (Å²) in [6, 6.07) is 7.50. The highest BCUT2D eigenvalue weighted by Crippen LogP contribution is 2.17. The maximum atomic E-state index is 13.1. The number of ether oxygens (including phenoxy) is 1. The van der Waals surface area contributed by atoms with Gasteiger partial charge in [-0.15, -0.1) is 0 Å². The van der Waals surface area contributed by atoms with Crippen molar-refractivity contribution < 1.29 is 13.9 Å². The Morgan fingerprint density at radius 3 is 2.83 bits per heavy atom. The Morgan fingerprint density at radius 2 is 2.17 bits per heavy atom. The highest BCUT2D eigenvalue weighted by atomic mass is 79.9. The fraction of sp³-hybridized carbons (Fsp3) is 0.0769. The van der Waals surface area contributed by atoms with Crippen LogP contribution in [0.2, 0.25) is 0 Å². The third-order valence-electron chi connectivity index (χ3n) is 2.21. The Morgan fingerprint density at radius 1 is 1.33 bits per heavy atom. The molecule has 0 aliphatic carbocycles. The fourth-order valence-corrected chi connectivity index (χ4v) is 1.62. The number of rotatable bonds is 4. The zero-order chi connectivity index (χ0) is 13.0. The van der Waals surface area contributed by atoms with Crippen molar-refractivity contribution in [2.75, 3.05) is 0 Å². The Kier molecular flexibility index (Phi) is 4.04. The van der Waals surface area contributed by atoms with Crippen molar-refractivity contribution in [2.24, 2.45) is 0 Å². The van der Waals surface area contributed by atoms with Gasteiger partial charge in [0.15, 0.2) is 0 Å². The van der Waals surface area contributed by atoms with Gasteiger partial charge in [-0.3, -0.25) is 9.78 Å². The van der Waals surface area contributed by atoms with Gasteiger partial charge in [0.25, 0.3) is 0 Å². The molecule has 0 amide bonds. The zero-order valence-electron chi connectivity index (χ0n) is 9.27. The monoisotopic (exact) mass is 309 g/mol. The summed E-state index contributed by atoms with van der Waals surface area (Å²) in [4.78, 5) is 14.7. The second-order valence-electron chi connectivity index (χ2n) is 3.59. The second kappa shape index (κ2) is 5.73. The van der Waals surface area contributed by atoms with E-state index in [0.29, 0.717) is 12.0 Å². The summed E-state index contributed by atoms with van der Waals surface area (Å²) in [7, 11) is 0. The Hall–Kier alpha value is -1.75. The molecule has 1 aromatic carbocycles. The first-order chi connectivity index (χ1) is 8.67. The molecule has 0 atom stereocenters. The standard InChI is InChI=1S/C13H9BrFNO2/c14-10-1-2-12(16-6-10)8-18-13-4-9(7-17)3-11(15)5-13/h1-7H,8H2. The largest absolute Gasteiger partial charge is 0.487 e. The lowest BCUT2D eigenvalue weighted by Crippen LogP contribution is -1.98. The SMILES string of the molecule is O=Cc1cc(F)cc(OCc2ccc(Br)cn2)c1.